The molecule has 0 aliphatic carbocycles. The van der Waals surface area contributed by atoms with Crippen LogP contribution in [0, 0.1) is 5.92 Å². The summed E-state index contributed by atoms with van der Waals surface area (Å²) >= 11 is 0. The molecule has 3 rings (SSSR count). The van der Waals surface area contributed by atoms with Crippen LogP contribution in [0.15, 0.2) is 24.3 Å². The summed E-state index contributed by atoms with van der Waals surface area (Å²) in [6.07, 6.45) is 0.646. The molecule has 1 aromatic carbocycles. The molecule has 0 saturated carbocycles. The monoisotopic (exact) mass is 374 g/mol. The van der Waals surface area contributed by atoms with Crippen LogP contribution in [0.25, 0.3) is 0 Å². The molecule has 4 amide bonds. The maximum Gasteiger partial charge on any atom is 0.322 e. The van der Waals surface area contributed by atoms with Gasteiger partial charge in [0.1, 0.15) is 11.8 Å². The number of anilines is 1. The van der Waals surface area contributed by atoms with E-state index in [1.165, 1.54) is 0 Å². The Hall–Kier alpha value is -2.77. The van der Waals surface area contributed by atoms with Crippen molar-refractivity contribution in [2.24, 2.45) is 5.92 Å². The second-order valence-corrected chi connectivity index (χ2v) is 7.24. The Morgan fingerprint density at radius 3 is 2.56 bits per heavy atom. The van der Waals surface area contributed by atoms with Crippen molar-refractivity contribution in [3.8, 4) is 5.75 Å². The number of likely N-dealkylation sites (tertiary alicyclic amines) is 1. The molecule has 0 aromatic heterocycles. The van der Waals surface area contributed by atoms with Gasteiger partial charge in [0.05, 0.1) is 19.6 Å². The standard InChI is InChI=1S/C19H26N4O4/c1-12(2)20-17(24)13-8-9-22(10-13)18(25)16-11-23(19(26)21-16)14-4-6-15(27-3)7-5-14/h4-7,12-13,16H,8-11H2,1-3H3,(H,20,24)(H,21,26). The van der Waals surface area contributed by atoms with E-state index in [1.54, 1.807) is 41.2 Å². The van der Waals surface area contributed by atoms with Gasteiger partial charge in [0, 0.05) is 24.8 Å². The number of carbonyl (C=O) groups excluding carboxylic acids is 3. The maximum atomic E-state index is 12.8. The first-order chi connectivity index (χ1) is 12.9. The van der Waals surface area contributed by atoms with E-state index in [9.17, 15) is 14.4 Å². The van der Waals surface area contributed by atoms with Crippen molar-refractivity contribution in [1.82, 2.24) is 15.5 Å². The second-order valence-electron chi connectivity index (χ2n) is 7.24. The number of hydrogen-bond donors (Lipinski definition) is 2. The number of ether oxygens (including phenoxy) is 1. The zero-order chi connectivity index (χ0) is 19.6. The van der Waals surface area contributed by atoms with Crippen molar-refractivity contribution in [3.63, 3.8) is 0 Å². The van der Waals surface area contributed by atoms with Crippen molar-refractivity contribution in [2.75, 3.05) is 31.6 Å². The van der Waals surface area contributed by atoms with Crippen molar-refractivity contribution >= 4 is 23.5 Å². The first-order valence-corrected chi connectivity index (χ1v) is 9.20. The molecule has 2 saturated heterocycles. The van der Waals surface area contributed by atoms with Gasteiger partial charge in [-0.1, -0.05) is 0 Å². The third kappa shape index (κ3) is 4.15. The molecule has 8 nitrogen and oxygen atoms in total. The smallest absolute Gasteiger partial charge is 0.322 e. The lowest BCUT2D eigenvalue weighted by Gasteiger charge is -2.20. The molecule has 2 aliphatic rings. The van der Waals surface area contributed by atoms with Gasteiger partial charge in [-0.15, -0.1) is 0 Å². The van der Waals surface area contributed by atoms with Crippen LogP contribution in [0.3, 0.4) is 0 Å². The molecule has 1 aromatic rings. The summed E-state index contributed by atoms with van der Waals surface area (Å²) in [6, 6.07) is 6.29. The predicted octanol–water partition coefficient (Wildman–Crippen LogP) is 0.967. The molecular weight excluding hydrogens is 348 g/mol. The molecule has 8 heteroatoms. The van der Waals surface area contributed by atoms with Gasteiger partial charge >= 0.3 is 6.03 Å². The largest absolute Gasteiger partial charge is 0.497 e. The van der Waals surface area contributed by atoms with E-state index >= 15 is 0 Å². The van der Waals surface area contributed by atoms with Crippen molar-refractivity contribution in [2.45, 2.75) is 32.4 Å². The SMILES string of the molecule is COc1ccc(N2CC(C(=O)N3CCC(C(=O)NC(C)C)C3)NC2=O)cc1. The number of hydrogen-bond acceptors (Lipinski definition) is 4. The van der Waals surface area contributed by atoms with Crippen LogP contribution in [0.2, 0.25) is 0 Å². The highest BCUT2D eigenvalue weighted by molar-refractivity contribution is 6.00. The highest BCUT2D eigenvalue weighted by atomic mass is 16.5. The van der Waals surface area contributed by atoms with E-state index in [-0.39, 0.29) is 36.3 Å². The quantitative estimate of drug-likeness (QED) is 0.803. The first-order valence-electron chi connectivity index (χ1n) is 9.20. The Bertz CT molecular complexity index is 719. The molecule has 146 valence electrons. The summed E-state index contributed by atoms with van der Waals surface area (Å²) in [5.41, 5.74) is 0.708. The van der Waals surface area contributed by atoms with Gasteiger partial charge < -0.3 is 20.3 Å². The van der Waals surface area contributed by atoms with Crippen LogP contribution in [-0.4, -0.2) is 61.6 Å². The number of methoxy groups -OCH3 is 1. The molecule has 2 atom stereocenters. The van der Waals surface area contributed by atoms with Crippen molar-refractivity contribution in [3.05, 3.63) is 24.3 Å². The van der Waals surface area contributed by atoms with E-state index in [2.05, 4.69) is 10.6 Å². The van der Waals surface area contributed by atoms with Gasteiger partial charge in [-0.05, 0) is 44.5 Å². The Morgan fingerprint density at radius 1 is 1.22 bits per heavy atom. The summed E-state index contributed by atoms with van der Waals surface area (Å²) in [4.78, 5) is 40.5. The van der Waals surface area contributed by atoms with Gasteiger partial charge in [0.2, 0.25) is 11.8 Å². The highest BCUT2D eigenvalue weighted by Gasteiger charge is 2.39. The van der Waals surface area contributed by atoms with E-state index in [0.717, 1.165) is 0 Å². The van der Waals surface area contributed by atoms with Gasteiger partial charge in [-0.2, -0.15) is 0 Å². The average molecular weight is 374 g/mol. The number of carbonyl (C=O) groups is 3. The lowest BCUT2D eigenvalue weighted by molar-refractivity contribution is -0.132. The number of rotatable bonds is 5. The molecular formula is C19H26N4O4. The summed E-state index contributed by atoms with van der Waals surface area (Å²) in [7, 11) is 1.58. The molecule has 0 spiro atoms. The molecule has 27 heavy (non-hydrogen) atoms. The van der Waals surface area contributed by atoms with Crippen molar-refractivity contribution < 1.29 is 19.1 Å². The fourth-order valence-corrected chi connectivity index (χ4v) is 3.46. The fourth-order valence-electron chi connectivity index (χ4n) is 3.46. The average Bonchev–Trinajstić information content (AvgIpc) is 3.28. The third-order valence-electron chi connectivity index (χ3n) is 4.89. The molecule has 2 N–H and O–H groups in total. The molecule has 0 radical (unpaired) electrons. The molecule has 2 fully saturated rings. The Balaban J connectivity index is 1.60. The Kier molecular flexibility index (Phi) is 5.53. The third-order valence-corrected chi connectivity index (χ3v) is 4.89. The minimum atomic E-state index is -0.605. The zero-order valence-electron chi connectivity index (χ0n) is 15.9. The van der Waals surface area contributed by atoms with Gasteiger partial charge in [-0.3, -0.25) is 14.5 Å². The number of urea groups is 1. The van der Waals surface area contributed by atoms with E-state index in [1.807, 2.05) is 13.8 Å². The number of benzene rings is 1. The first kappa shape index (κ1) is 19.0. The summed E-state index contributed by atoms with van der Waals surface area (Å²) in [5, 5.41) is 5.64. The summed E-state index contributed by atoms with van der Waals surface area (Å²) in [6.45, 7) is 5.02. The van der Waals surface area contributed by atoms with Crippen LogP contribution < -0.4 is 20.3 Å². The molecule has 2 aliphatic heterocycles. The minimum Gasteiger partial charge on any atom is -0.497 e. The van der Waals surface area contributed by atoms with E-state index in [0.29, 0.717) is 30.9 Å². The number of amides is 4. The fraction of sp³-hybridized carbons (Fsp3) is 0.526. The van der Waals surface area contributed by atoms with Crippen LogP contribution in [0.5, 0.6) is 5.75 Å². The summed E-state index contributed by atoms with van der Waals surface area (Å²) in [5.74, 6) is 0.356. The van der Waals surface area contributed by atoms with Crippen molar-refractivity contribution in [1.29, 1.82) is 0 Å². The molecule has 2 heterocycles. The van der Waals surface area contributed by atoms with Gasteiger partial charge in [0.15, 0.2) is 0 Å². The number of nitrogens with zero attached hydrogens (tertiary/aromatic N) is 2. The molecule has 0 bridgehead atoms. The number of nitrogens with one attached hydrogen (secondary N) is 2. The second kappa shape index (κ2) is 7.85. The Labute approximate surface area is 158 Å². The highest BCUT2D eigenvalue weighted by Crippen LogP contribution is 2.24. The zero-order valence-corrected chi connectivity index (χ0v) is 15.9. The maximum absolute atomic E-state index is 12.8. The topological polar surface area (TPSA) is 91.0 Å². The normalized spacial score (nSPS) is 22.1. The van der Waals surface area contributed by atoms with E-state index in [4.69, 9.17) is 4.74 Å². The van der Waals surface area contributed by atoms with Crippen LogP contribution in [0.1, 0.15) is 20.3 Å². The van der Waals surface area contributed by atoms with Crippen LogP contribution in [0.4, 0.5) is 10.5 Å². The van der Waals surface area contributed by atoms with Crippen LogP contribution in [-0.2, 0) is 9.59 Å². The minimum absolute atomic E-state index is 0.0179. The lowest BCUT2D eigenvalue weighted by atomic mass is 10.1. The predicted molar refractivity (Wildman–Crippen MR) is 101 cm³/mol. The summed E-state index contributed by atoms with van der Waals surface area (Å²) < 4.78 is 5.13. The Morgan fingerprint density at radius 2 is 1.93 bits per heavy atom. The van der Waals surface area contributed by atoms with Gasteiger partial charge in [-0.25, -0.2) is 4.79 Å². The molecule has 2 unspecified atom stereocenters. The van der Waals surface area contributed by atoms with E-state index < -0.39 is 6.04 Å². The van der Waals surface area contributed by atoms with Gasteiger partial charge in [0.25, 0.3) is 0 Å². The lowest BCUT2D eigenvalue weighted by Crippen LogP contribution is -2.45. The van der Waals surface area contributed by atoms with Crippen LogP contribution >= 0.6 is 0 Å².